The normalized spacial score (nSPS) is 13.0. The first-order valence-corrected chi connectivity index (χ1v) is 10.3. The first kappa shape index (κ1) is 17.8. The van der Waals surface area contributed by atoms with Crippen LogP contribution in [0.1, 0.15) is 28.1 Å². The van der Waals surface area contributed by atoms with Crippen molar-refractivity contribution in [3.05, 3.63) is 68.1 Å². The summed E-state index contributed by atoms with van der Waals surface area (Å²) in [4.78, 5) is 5.99. The summed E-state index contributed by atoms with van der Waals surface area (Å²) in [6.45, 7) is 2.73. The number of thiazole rings is 1. The van der Waals surface area contributed by atoms with E-state index >= 15 is 0 Å². The van der Waals surface area contributed by atoms with Gasteiger partial charge in [-0.05, 0) is 61.6 Å². The van der Waals surface area contributed by atoms with E-state index in [0.717, 1.165) is 28.4 Å². The third-order valence-corrected chi connectivity index (χ3v) is 6.54. The molecule has 3 aromatic rings. The summed E-state index contributed by atoms with van der Waals surface area (Å²) in [5.74, 6) is 0.961. The van der Waals surface area contributed by atoms with Crippen LogP contribution in [0.5, 0.6) is 5.75 Å². The van der Waals surface area contributed by atoms with Crippen molar-refractivity contribution >= 4 is 34.5 Å². The van der Waals surface area contributed by atoms with E-state index in [2.05, 4.69) is 25.1 Å². The standard InChI is InChI=1S/C21H19Cl2NOS/c1-13-20(24-21(26-13)16-6-8-18(22)19(23)12-16)9-10-25-17-7-5-14-3-2-4-15(14)11-17/h5-8,11-12H,2-4,9-10H2,1H3. The lowest BCUT2D eigenvalue weighted by Gasteiger charge is -2.07. The van der Waals surface area contributed by atoms with Crippen molar-refractivity contribution in [2.45, 2.75) is 32.6 Å². The molecule has 0 amide bonds. The first-order chi connectivity index (χ1) is 12.6. The lowest BCUT2D eigenvalue weighted by Crippen LogP contribution is -2.03. The number of nitrogens with zero attached hydrogens (tertiary/aromatic N) is 1. The topological polar surface area (TPSA) is 22.1 Å². The van der Waals surface area contributed by atoms with E-state index in [1.807, 2.05) is 18.2 Å². The molecule has 1 aromatic heterocycles. The molecule has 0 N–H and O–H groups in total. The van der Waals surface area contributed by atoms with Crippen LogP contribution in [0, 0.1) is 6.92 Å². The van der Waals surface area contributed by atoms with Crippen LogP contribution in [-0.4, -0.2) is 11.6 Å². The third kappa shape index (κ3) is 3.75. The number of hydrogen-bond donors (Lipinski definition) is 0. The number of aryl methyl sites for hydroxylation is 3. The molecule has 5 heteroatoms. The van der Waals surface area contributed by atoms with Gasteiger partial charge in [0.05, 0.1) is 22.3 Å². The zero-order valence-electron chi connectivity index (χ0n) is 14.5. The lowest BCUT2D eigenvalue weighted by atomic mass is 10.1. The van der Waals surface area contributed by atoms with Crippen LogP contribution in [0.3, 0.4) is 0 Å². The van der Waals surface area contributed by atoms with Gasteiger partial charge >= 0.3 is 0 Å². The molecule has 1 aliphatic carbocycles. The highest BCUT2D eigenvalue weighted by Gasteiger charge is 2.13. The van der Waals surface area contributed by atoms with Gasteiger partial charge in [-0.25, -0.2) is 4.98 Å². The van der Waals surface area contributed by atoms with Crippen LogP contribution in [0.15, 0.2) is 36.4 Å². The maximum Gasteiger partial charge on any atom is 0.123 e. The van der Waals surface area contributed by atoms with Gasteiger partial charge in [0.1, 0.15) is 10.8 Å². The molecule has 0 atom stereocenters. The molecule has 2 nitrogen and oxygen atoms in total. The van der Waals surface area contributed by atoms with Gasteiger partial charge in [-0.1, -0.05) is 35.3 Å². The van der Waals surface area contributed by atoms with Crippen LogP contribution in [0.25, 0.3) is 10.6 Å². The molecule has 0 aliphatic heterocycles. The van der Waals surface area contributed by atoms with Crippen LogP contribution >= 0.6 is 34.5 Å². The minimum absolute atomic E-state index is 0.554. The molecule has 1 aliphatic rings. The van der Waals surface area contributed by atoms with Crippen molar-refractivity contribution in [2.24, 2.45) is 0 Å². The van der Waals surface area contributed by atoms with E-state index in [9.17, 15) is 0 Å². The molecule has 1 heterocycles. The van der Waals surface area contributed by atoms with Gasteiger partial charge in [-0.2, -0.15) is 0 Å². The fourth-order valence-electron chi connectivity index (χ4n) is 3.32. The van der Waals surface area contributed by atoms with E-state index in [1.54, 1.807) is 11.3 Å². The Morgan fingerprint density at radius 2 is 1.88 bits per heavy atom. The number of benzene rings is 2. The number of aromatic nitrogens is 1. The van der Waals surface area contributed by atoms with Crippen molar-refractivity contribution in [1.82, 2.24) is 4.98 Å². The fourth-order valence-corrected chi connectivity index (χ4v) is 4.57. The van der Waals surface area contributed by atoms with Gasteiger partial charge in [-0.15, -0.1) is 11.3 Å². The predicted octanol–water partition coefficient (Wildman–Crippen LogP) is 6.54. The minimum atomic E-state index is 0.554. The summed E-state index contributed by atoms with van der Waals surface area (Å²) >= 11 is 13.8. The molecule has 0 spiro atoms. The van der Waals surface area contributed by atoms with Crippen LogP contribution in [0.4, 0.5) is 0 Å². The van der Waals surface area contributed by atoms with Crippen molar-refractivity contribution in [3.63, 3.8) is 0 Å². The van der Waals surface area contributed by atoms with E-state index in [0.29, 0.717) is 16.7 Å². The molecule has 0 radical (unpaired) electrons. The number of ether oxygens (including phenoxy) is 1. The average Bonchev–Trinajstić information content (AvgIpc) is 3.24. The third-order valence-electron chi connectivity index (χ3n) is 4.74. The zero-order chi connectivity index (χ0) is 18.1. The fraction of sp³-hybridized carbons (Fsp3) is 0.286. The Morgan fingerprint density at radius 1 is 1.04 bits per heavy atom. The van der Waals surface area contributed by atoms with Crippen LogP contribution in [0.2, 0.25) is 10.0 Å². The maximum absolute atomic E-state index is 6.13. The van der Waals surface area contributed by atoms with Crippen molar-refractivity contribution < 1.29 is 4.74 Å². The van der Waals surface area contributed by atoms with Crippen LogP contribution in [-0.2, 0) is 19.3 Å². The van der Waals surface area contributed by atoms with Gasteiger partial charge in [0.2, 0.25) is 0 Å². The Morgan fingerprint density at radius 3 is 2.73 bits per heavy atom. The molecular formula is C21H19Cl2NOS. The zero-order valence-corrected chi connectivity index (χ0v) is 16.8. The van der Waals surface area contributed by atoms with E-state index in [-0.39, 0.29) is 0 Å². The molecule has 0 unspecified atom stereocenters. The summed E-state index contributed by atoms with van der Waals surface area (Å²) in [6.07, 6.45) is 4.42. The Kier molecular flexibility index (Phi) is 5.21. The quantitative estimate of drug-likeness (QED) is 0.482. The maximum atomic E-state index is 6.13. The monoisotopic (exact) mass is 403 g/mol. The van der Waals surface area contributed by atoms with Crippen molar-refractivity contribution in [1.29, 1.82) is 0 Å². The first-order valence-electron chi connectivity index (χ1n) is 8.76. The average molecular weight is 404 g/mol. The molecule has 0 saturated carbocycles. The van der Waals surface area contributed by atoms with Gasteiger partial charge in [0.15, 0.2) is 0 Å². The summed E-state index contributed by atoms with van der Waals surface area (Å²) in [7, 11) is 0. The van der Waals surface area contributed by atoms with Gasteiger partial charge < -0.3 is 4.74 Å². The number of rotatable bonds is 5. The lowest BCUT2D eigenvalue weighted by molar-refractivity contribution is 0.320. The van der Waals surface area contributed by atoms with E-state index in [1.165, 1.54) is 35.3 Å². The summed E-state index contributed by atoms with van der Waals surface area (Å²) in [5.41, 5.74) is 4.99. The number of fused-ring (bicyclic) bond motifs is 1. The SMILES string of the molecule is Cc1sc(-c2ccc(Cl)c(Cl)c2)nc1CCOc1ccc2c(c1)CCC2. The highest BCUT2D eigenvalue weighted by atomic mass is 35.5. The molecular weight excluding hydrogens is 385 g/mol. The summed E-state index contributed by atoms with van der Waals surface area (Å²) in [5, 5.41) is 2.08. The molecule has 2 aromatic carbocycles. The van der Waals surface area contributed by atoms with Crippen molar-refractivity contribution in [2.75, 3.05) is 6.61 Å². The van der Waals surface area contributed by atoms with E-state index in [4.69, 9.17) is 32.9 Å². The second-order valence-corrected chi connectivity index (χ2v) is 8.55. The number of halogens is 2. The Labute approximate surface area is 167 Å². The summed E-state index contributed by atoms with van der Waals surface area (Å²) < 4.78 is 5.97. The molecule has 4 rings (SSSR count). The Balaban J connectivity index is 1.42. The smallest absolute Gasteiger partial charge is 0.123 e. The van der Waals surface area contributed by atoms with Gasteiger partial charge in [0.25, 0.3) is 0 Å². The van der Waals surface area contributed by atoms with Gasteiger partial charge in [-0.3, -0.25) is 0 Å². The summed E-state index contributed by atoms with van der Waals surface area (Å²) in [6, 6.07) is 12.1. The van der Waals surface area contributed by atoms with Crippen LogP contribution < -0.4 is 4.74 Å². The minimum Gasteiger partial charge on any atom is -0.493 e. The van der Waals surface area contributed by atoms with E-state index < -0.39 is 0 Å². The second kappa shape index (κ2) is 7.59. The predicted molar refractivity (Wildman–Crippen MR) is 110 cm³/mol. The molecule has 0 bridgehead atoms. The number of hydrogen-bond acceptors (Lipinski definition) is 3. The Hall–Kier alpha value is -1.55. The molecule has 26 heavy (non-hydrogen) atoms. The highest BCUT2D eigenvalue weighted by Crippen LogP contribution is 2.32. The van der Waals surface area contributed by atoms with Crippen molar-refractivity contribution in [3.8, 4) is 16.3 Å². The Bertz CT molecular complexity index is 951. The highest BCUT2D eigenvalue weighted by molar-refractivity contribution is 7.15. The molecule has 0 fully saturated rings. The second-order valence-electron chi connectivity index (χ2n) is 6.53. The van der Waals surface area contributed by atoms with Gasteiger partial charge in [0, 0.05) is 16.9 Å². The molecule has 0 saturated heterocycles. The largest absolute Gasteiger partial charge is 0.493 e. The molecule has 134 valence electrons.